The summed E-state index contributed by atoms with van der Waals surface area (Å²) in [5, 5.41) is 0. The zero-order valence-corrected chi connectivity index (χ0v) is 21.5. The number of aromatic nitrogens is 2. The van der Waals surface area contributed by atoms with E-state index in [0.717, 1.165) is 37.4 Å². The predicted molar refractivity (Wildman–Crippen MR) is 144 cm³/mol. The Labute approximate surface area is 220 Å². The zero-order chi connectivity index (χ0) is 27.2. The summed E-state index contributed by atoms with van der Waals surface area (Å²) >= 11 is 0. The molecule has 0 amide bonds. The number of Topliss-reactive ketones (excluding diaryl/α,β-unsaturated/α-hetero) is 1. The van der Waals surface area contributed by atoms with Crippen LogP contribution >= 0.6 is 0 Å². The smallest absolute Gasteiger partial charge is 0.238 e. The van der Waals surface area contributed by atoms with Crippen LogP contribution in [0.3, 0.4) is 0 Å². The fourth-order valence-corrected chi connectivity index (χ4v) is 4.81. The summed E-state index contributed by atoms with van der Waals surface area (Å²) in [6, 6.07) is 10.6. The molecule has 4 rings (SSSR count). The summed E-state index contributed by atoms with van der Waals surface area (Å²) in [5.41, 5.74) is 16.0. The average molecular weight is 527 g/mol. The summed E-state index contributed by atoms with van der Waals surface area (Å²) in [5.74, 6) is -0.724. The van der Waals surface area contributed by atoms with Crippen molar-refractivity contribution in [3.8, 4) is 22.4 Å². The number of hydrogen-bond acceptors (Lipinski definition) is 7. The molecule has 0 radical (unpaired) electrons. The molecule has 1 saturated heterocycles. The van der Waals surface area contributed by atoms with Crippen molar-refractivity contribution in [2.75, 3.05) is 49.9 Å². The van der Waals surface area contributed by atoms with Gasteiger partial charge in [0.1, 0.15) is 5.82 Å². The third-order valence-corrected chi connectivity index (χ3v) is 6.87. The summed E-state index contributed by atoms with van der Waals surface area (Å²) in [6.07, 6.45) is 0.406. The van der Waals surface area contributed by atoms with Crippen molar-refractivity contribution in [2.45, 2.75) is 32.6 Å². The molecule has 0 aliphatic carbocycles. The highest BCUT2D eigenvalue weighted by molar-refractivity contribution is 5.96. The number of carbonyl (C=O) groups is 1. The van der Waals surface area contributed by atoms with Crippen molar-refractivity contribution >= 4 is 17.3 Å². The van der Waals surface area contributed by atoms with E-state index in [2.05, 4.69) is 19.8 Å². The molecule has 1 fully saturated rings. The maximum Gasteiger partial charge on any atom is 0.238 e. The Morgan fingerprint density at radius 3 is 2.47 bits per heavy atom. The molecule has 0 atom stereocenters. The average Bonchev–Trinajstić information content (AvgIpc) is 2.89. The summed E-state index contributed by atoms with van der Waals surface area (Å²) in [6.45, 7) is 5.67. The minimum absolute atomic E-state index is 0.0450. The lowest BCUT2D eigenvalue weighted by molar-refractivity contribution is 0.101. The second-order valence-corrected chi connectivity index (χ2v) is 9.49. The summed E-state index contributed by atoms with van der Waals surface area (Å²) < 4.78 is 39.7. The van der Waals surface area contributed by atoms with E-state index in [9.17, 15) is 18.0 Å². The number of nitrogen functional groups attached to an aromatic ring is 1. The summed E-state index contributed by atoms with van der Waals surface area (Å²) in [4.78, 5) is 24.8. The van der Waals surface area contributed by atoms with E-state index in [4.69, 9.17) is 11.5 Å². The highest BCUT2D eigenvalue weighted by Gasteiger charge is 2.19. The lowest BCUT2D eigenvalue weighted by Crippen LogP contribution is -2.46. The first-order valence-corrected chi connectivity index (χ1v) is 12.8. The van der Waals surface area contributed by atoms with Crippen molar-refractivity contribution in [3.05, 3.63) is 59.7 Å². The quantitative estimate of drug-likeness (QED) is 0.298. The van der Waals surface area contributed by atoms with Gasteiger partial charge in [-0.1, -0.05) is 18.2 Å². The molecule has 1 aromatic carbocycles. The van der Waals surface area contributed by atoms with Crippen molar-refractivity contribution in [1.29, 1.82) is 0 Å². The van der Waals surface area contributed by atoms with Gasteiger partial charge in [-0.15, -0.1) is 0 Å². The molecule has 1 aliphatic rings. The van der Waals surface area contributed by atoms with Crippen LogP contribution in [0, 0.1) is 5.95 Å². The molecule has 38 heavy (non-hydrogen) atoms. The Bertz CT molecular complexity index is 1260. The highest BCUT2D eigenvalue weighted by atomic mass is 19.3. The van der Waals surface area contributed by atoms with Crippen LogP contribution in [0.1, 0.15) is 35.7 Å². The minimum atomic E-state index is -2.25. The van der Waals surface area contributed by atoms with Crippen molar-refractivity contribution in [3.63, 3.8) is 0 Å². The zero-order valence-electron chi connectivity index (χ0n) is 21.5. The molecule has 3 aromatic rings. The van der Waals surface area contributed by atoms with Gasteiger partial charge in [0.05, 0.1) is 23.1 Å². The Kier molecular flexibility index (Phi) is 8.96. The predicted octanol–water partition coefficient (Wildman–Crippen LogP) is 4.40. The maximum absolute atomic E-state index is 14.9. The molecule has 0 spiro atoms. The second-order valence-electron chi connectivity index (χ2n) is 9.49. The minimum Gasteiger partial charge on any atom is -0.383 e. The molecule has 2 aromatic heterocycles. The van der Waals surface area contributed by atoms with Crippen molar-refractivity contribution in [1.82, 2.24) is 14.9 Å². The van der Waals surface area contributed by atoms with Gasteiger partial charge in [-0.2, -0.15) is 4.39 Å². The van der Waals surface area contributed by atoms with Gasteiger partial charge < -0.3 is 16.4 Å². The van der Waals surface area contributed by atoms with Crippen LogP contribution in [0.2, 0.25) is 0 Å². The van der Waals surface area contributed by atoms with E-state index < -0.39 is 12.4 Å². The Morgan fingerprint density at radius 2 is 1.84 bits per heavy atom. The van der Waals surface area contributed by atoms with Crippen LogP contribution in [0.5, 0.6) is 0 Å². The van der Waals surface area contributed by atoms with Crippen molar-refractivity contribution < 1.29 is 18.0 Å². The number of piperazine rings is 1. The first-order chi connectivity index (χ1) is 18.3. The Morgan fingerprint density at radius 1 is 1.08 bits per heavy atom. The standard InChI is InChI=1S/C28H33F3N6O/c1-18(38)22-6-4-19(15-20(22)8-9-32)23-16-24(27(31)35-28(23)33)25-7-5-21(17-34-25)37-13-11-36(12-14-37)10-2-3-26(29)30/h4-7,15-17,26H,2-3,8-14,32H2,1H3,(H2,33,35). The molecule has 0 saturated carbocycles. The number of pyridine rings is 2. The normalized spacial score (nSPS) is 14.3. The van der Waals surface area contributed by atoms with Crippen LogP contribution in [0.4, 0.5) is 24.7 Å². The molecule has 1 aliphatic heterocycles. The van der Waals surface area contributed by atoms with Gasteiger partial charge in [-0.25, -0.2) is 13.8 Å². The molecule has 4 N–H and O–H groups in total. The van der Waals surface area contributed by atoms with Gasteiger partial charge in [0.15, 0.2) is 5.78 Å². The molecule has 3 heterocycles. The lowest BCUT2D eigenvalue weighted by Gasteiger charge is -2.36. The van der Waals surface area contributed by atoms with Crippen molar-refractivity contribution in [2.24, 2.45) is 5.73 Å². The van der Waals surface area contributed by atoms with Crippen LogP contribution in [-0.4, -0.2) is 66.3 Å². The van der Waals surface area contributed by atoms with E-state index in [1.807, 2.05) is 12.1 Å². The van der Waals surface area contributed by atoms with Gasteiger partial charge >= 0.3 is 0 Å². The number of carbonyl (C=O) groups excluding carboxylic acids is 1. The Balaban J connectivity index is 1.51. The van der Waals surface area contributed by atoms with Crippen LogP contribution in [0.15, 0.2) is 42.6 Å². The van der Waals surface area contributed by atoms with Gasteiger partial charge in [0.2, 0.25) is 12.4 Å². The maximum atomic E-state index is 14.9. The van der Waals surface area contributed by atoms with Gasteiger partial charge in [0.25, 0.3) is 0 Å². The monoisotopic (exact) mass is 526 g/mol. The number of hydrogen-bond donors (Lipinski definition) is 2. The number of ketones is 1. The van der Waals surface area contributed by atoms with E-state index >= 15 is 0 Å². The topological polar surface area (TPSA) is 101 Å². The van der Waals surface area contributed by atoms with Crippen LogP contribution in [-0.2, 0) is 6.42 Å². The fraction of sp³-hybridized carbons (Fsp3) is 0.393. The largest absolute Gasteiger partial charge is 0.383 e. The second kappa shape index (κ2) is 12.4. The number of benzene rings is 1. The lowest BCUT2D eigenvalue weighted by atomic mass is 9.95. The fourth-order valence-electron chi connectivity index (χ4n) is 4.81. The van der Waals surface area contributed by atoms with E-state index in [1.54, 1.807) is 30.5 Å². The number of nitrogens with zero attached hydrogens (tertiary/aromatic N) is 4. The third kappa shape index (κ3) is 6.49. The summed E-state index contributed by atoms with van der Waals surface area (Å²) in [7, 11) is 0. The number of halogens is 3. The number of rotatable bonds is 10. The molecule has 10 heteroatoms. The molecular weight excluding hydrogens is 493 g/mol. The van der Waals surface area contributed by atoms with Gasteiger partial charge in [-0.3, -0.25) is 14.7 Å². The molecular formula is C28H33F3N6O. The third-order valence-electron chi connectivity index (χ3n) is 6.87. The van der Waals surface area contributed by atoms with E-state index in [-0.39, 0.29) is 23.6 Å². The molecule has 0 unspecified atom stereocenters. The Hall–Kier alpha value is -3.50. The first kappa shape index (κ1) is 27.5. The van der Waals surface area contributed by atoms with Gasteiger partial charge in [0, 0.05) is 43.7 Å². The van der Waals surface area contributed by atoms with E-state index in [0.29, 0.717) is 48.3 Å². The highest BCUT2D eigenvalue weighted by Crippen LogP contribution is 2.33. The first-order valence-electron chi connectivity index (χ1n) is 12.8. The molecule has 202 valence electrons. The van der Waals surface area contributed by atoms with Gasteiger partial charge in [-0.05, 0) is 62.2 Å². The van der Waals surface area contributed by atoms with Crippen LogP contribution < -0.4 is 16.4 Å². The molecule has 7 nitrogen and oxygen atoms in total. The van der Waals surface area contributed by atoms with E-state index in [1.165, 1.54) is 6.92 Å². The number of anilines is 2. The number of alkyl halides is 2. The number of nitrogens with two attached hydrogens (primary N) is 2. The molecule has 0 bridgehead atoms. The van der Waals surface area contributed by atoms with Crippen LogP contribution in [0.25, 0.3) is 22.4 Å². The SMILES string of the molecule is CC(=O)c1ccc(-c2cc(-c3ccc(N4CCN(CCCC(F)F)CC4)cn3)c(F)nc2N)cc1CCN.